The Morgan fingerprint density at radius 3 is 2.42 bits per heavy atom. The minimum atomic E-state index is -3.09. The normalized spacial score (nSPS) is 24.3. The van der Waals surface area contributed by atoms with Crippen LogP contribution in [0.15, 0.2) is 24.3 Å². The van der Waals surface area contributed by atoms with Crippen molar-refractivity contribution in [3.05, 3.63) is 35.4 Å². The van der Waals surface area contributed by atoms with E-state index in [9.17, 15) is 8.42 Å². The van der Waals surface area contributed by atoms with Crippen molar-refractivity contribution in [3.63, 3.8) is 0 Å². The number of hydrogen-bond donors (Lipinski definition) is 1. The summed E-state index contributed by atoms with van der Waals surface area (Å²) in [6.07, 6.45) is 6.63. The summed E-state index contributed by atoms with van der Waals surface area (Å²) in [5, 5.41) is -0.133. The van der Waals surface area contributed by atoms with E-state index in [1.807, 2.05) is 6.07 Å². The van der Waals surface area contributed by atoms with E-state index in [1.54, 1.807) is 0 Å². The smallest absolute Gasteiger partial charge is 0.212 e. The Kier molecular flexibility index (Phi) is 3.63. The molecule has 1 N–H and O–H groups in total. The highest BCUT2D eigenvalue weighted by Crippen LogP contribution is 2.27. The third-order valence-electron chi connectivity index (χ3n) is 4.41. The Morgan fingerprint density at radius 1 is 1.00 bits per heavy atom. The highest BCUT2D eigenvalue weighted by atomic mass is 32.2. The van der Waals surface area contributed by atoms with E-state index in [0.717, 1.165) is 44.9 Å². The monoisotopic (exact) mass is 279 g/mol. The van der Waals surface area contributed by atoms with Crippen molar-refractivity contribution in [2.24, 2.45) is 0 Å². The SMILES string of the molecule is O=S(=O)(NC1CCCc2ccccc2C1)C1CCC1. The van der Waals surface area contributed by atoms with Crippen LogP contribution in [-0.4, -0.2) is 19.7 Å². The van der Waals surface area contributed by atoms with Gasteiger partial charge in [-0.25, -0.2) is 13.1 Å². The highest BCUT2D eigenvalue weighted by Gasteiger charge is 2.33. The predicted octanol–water partition coefficient (Wildman–Crippen LogP) is 2.41. The zero-order chi connectivity index (χ0) is 13.3. The molecular formula is C15H21NO2S. The van der Waals surface area contributed by atoms with Gasteiger partial charge in [0.15, 0.2) is 0 Å². The van der Waals surface area contributed by atoms with E-state index < -0.39 is 10.0 Å². The maximum atomic E-state index is 12.2. The Balaban J connectivity index is 1.72. The topological polar surface area (TPSA) is 46.2 Å². The second-order valence-electron chi connectivity index (χ2n) is 5.78. The van der Waals surface area contributed by atoms with Crippen molar-refractivity contribution in [3.8, 4) is 0 Å². The lowest BCUT2D eigenvalue weighted by Crippen LogP contribution is -2.44. The first kappa shape index (κ1) is 13.1. The lowest BCUT2D eigenvalue weighted by Gasteiger charge is -2.28. The molecule has 0 aliphatic heterocycles. The number of hydrogen-bond acceptors (Lipinski definition) is 2. The van der Waals surface area contributed by atoms with Crippen LogP contribution in [0.1, 0.15) is 43.2 Å². The summed E-state index contributed by atoms with van der Waals surface area (Å²) in [4.78, 5) is 0. The van der Waals surface area contributed by atoms with Gasteiger partial charge in [0.25, 0.3) is 0 Å². The molecular weight excluding hydrogens is 258 g/mol. The lowest BCUT2D eigenvalue weighted by molar-refractivity contribution is 0.454. The number of fused-ring (bicyclic) bond motifs is 1. The van der Waals surface area contributed by atoms with Gasteiger partial charge in [-0.1, -0.05) is 30.7 Å². The summed E-state index contributed by atoms with van der Waals surface area (Å²) < 4.78 is 27.3. The fraction of sp³-hybridized carbons (Fsp3) is 0.600. The Hall–Kier alpha value is -0.870. The largest absolute Gasteiger partial charge is 0.214 e. The van der Waals surface area contributed by atoms with Gasteiger partial charge in [-0.2, -0.15) is 0 Å². The molecule has 0 radical (unpaired) electrons. The minimum Gasteiger partial charge on any atom is -0.212 e. The summed E-state index contributed by atoms with van der Waals surface area (Å²) in [7, 11) is -3.09. The van der Waals surface area contributed by atoms with Crippen LogP contribution in [0.4, 0.5) is 0 Å². The van der Waals surface area contributed by atoms with Gasteiger partial charge in [0, 0.05) is 6.04 Å². The van der Waals surface area contributed by atoms with Crippen molar-refractivity contribution in [2.45, 2.75) is 56.2 Å². The number of sulfonamides is 1. The van der Waals surface area contributed by atoms with E-state index in [-0.39, 0.29) is 11.3 Å². The third-order valence-corrected chi connectivity index (χ3v) is 6.42. The fourth-order valence-corrected chi connectivity index (χ4v) is 4.83. The molecule has 0 aromatic heterocycles. The molecule has 19 heavy (non-hydrogen) atoms. The molecule has 0 bridgehead atoms. The maximum Gasteiger partial charge on any atom is 0.214 e. The fourth-order valence-electron chi connectivity index (χ4n) is 3.02. The second-order valence-corrected chi connectivity index (χ2v) is 7.77. The van der Waals surface area contributed by atoms with Crippen LogP contribution >= 0.6 is 0 Å². The molecule has 1 fully saturated rings. The maximum absolute atomic E-state index is 12.2. The molecule has 4 heteroatoms. The molecule has 3 rings (SSSR count). The van der Waals surface area contributed by atoms with Crippen LogP contribution in [0, 0.1) is 0 Å². The average Bonchev–Trinajstić information content (AvgIpc) is 2.46. The number of rotatable bonds is 3. The Morgan fingerprint density at radius 2 is 1.74 bits per heavy atom. The summed E-state index contributed by atoms with van der Waals surface area (Å²) in [5.41, 5.74) is 2.69. The third kappa shape index (κ3) is 2.84. The van der Waals surface area contributed by atoms with Crippen LogP contribution < -0.4 is 4.72 Å². The minimum absolute atomic E-state index is 0.0780. The summed E-state index contributed by atoms with van der Waals surface area (Å²) in [6.45, 7) is 0. The van der Waals surface area contributed by atoms with E-state index in [0.29, 0.717) is 0 Å². The van der Waals surface area contributed by atoms with Crippen LogP contribution in [0.5, 0.6) is 0 Å². The lowest BCUT2D eigenvalue weighted by atomic mass is 10.0. The number of aryl methyl sites for hydroxylation is 1. The molecule has 1 aromatic rings. The zero-order valence-corrected chi connectivity index (χ0v) is 12.0. The van der Waals surface area contributed by atoms with Crippen molar-refractivity contribution >= 4 is 10.0 Å². The predicted molar refractivity (Wildman–Crippen MR) is 76.6 cm³/mol. The zero-order valence-electron chi connectivity index (χ0n) is 11.1. The molecule has 2 aliphatic rings. The molecule has 1 saturated carbocycles. The van der Waals surface area contributed by atoms with Gasteiger partial charge in [0.05, 0.1) is 5.25 Å². The average molecular weight is 279 g/mol. The van der Waals surface area contributed by atoms with E-state index in [4.69, 9.17) is 0 Å². The van der Waals surface area contributed by atoms with E-state index >= 15 is 0 Å². The van der Waals surface area contributed by atoms with Crippen molar-refractivity contribution in [1.29, 1.82) is 0 Å². The van der Waals surface area contributed by atoms with Crippen LogP contribution in [0.25, 0.3) is 0 Å². The molecule has 1 unspecified atom stereocenters. The van der Waals surface area contributed by atoms with Gasteiger partial charge in [0.2, 0.25) is 10.0 Å². The van der Waals surface area contributed by atoms with Crippen molar-refractivity contribution in [1.82, 2.24) is 4.72 Å². The van der Waals surface area contributed by atoms with Crippen LogP contribution in [0.2, 0.25) is 0 Å². The molecule has 0 amide bonds. The van der Waals surface area contributed by atoms with Crippen LogP contribution in [-0.2, 0) is 22.9 Å². The van der Waals surface area contributed by atoms with Gasteiger partial charge in [-0.3, -0.25) is 0 Å². The molecule has 2 aliphatic carbocycles. The quantitative estimate of drug-likeness (QED) is 0.864. The first-order chi connectivity index (χ1) is 9.15. The van der Waals surface area contributed by atoms with E-state index in [2.05, 4.69) is 22.9 Å². The molecule has 0 saturated heterocycles. The standard InChI is InChI=1S/C15H21NO2S/c17-19(18,15-9-4-10-15)16-14-8-3-7-12-5-1-2-6-13(12)11-14/h1-2,5-6,14-16H,3-4,7-11H2. The van der Waals surface area contributed by atoms with Crippen LogP contribution in [0.3, 0.4) is 0 Å². The van der Waals surface area contributed by atoms with E-state index in [1.165, 1.54) is 11.1 Å². The Bertz CT molecular complexity index is 549. The first-order valence-electron chi connectivity index (χ1n) is 7.23. The summed E-state index contributed by atoms with van der Waals surface area (Å²) >= 11 is 0. The second kappa shape index (κ2) is 5.25. The Labute approximate surface area is 115 Å². The molecule has 104 valence electrons. The van der Waals surface area contributed by atoms with Crippen molar-refractivity contribution in [2.75, 3.05) is 0 Å². The molecule has 3 nitrogen and oxygen atoms in total. The highest BCUT2D eigenvalue weighted by molar-refractivity contribution is 7.90. The van der Waals surface area contributed by atoms with Crippen molar-refractivity contribution < 1.29 is 8.42 Å². The molecule has 0 spiro atoms. The summed E-state index contributed by atoms with van der Waals surface area (Å²) in [6, 6.07) is 8.48. The molecule has 0 heterocycles. The van der Waals surface area contributed by atoms with Gasteiger partial charge in [-0.05, 0) is 49.7 Å². The number of benzene rings is 1. The first-order valence-corrected chi connectivity index (χ1v) is 8.78. The van der Waals surface area contributed by atoms with Gasteiger partial charge >= 0.3 is 0 Å². The molecule has 1 atom stereocenters. The molecule has 1 aromatic carbocycles. The summed E-state index contributed by atoms with van der Waals surface area (Å²) in [5.74, 6) is 0. The van der Waals surface area contributed by atoms with Gasteiger partial charge in [0.1, 0.15) is 0 Å². The number of nitrogens with one attached hydrogen (secondary N) is 1. The van der Waals surface area contributed by atoms with Gasteiger partial charge < -0.3 is 0 Å². The van der Waals surface area contributed by atoms with Gasteiger partial charge in [-0.15, -0.1) is 0 Å².